The van der Waals surface area contributed by atoms with Crippen molar-refractivity contribution in [3.05, 3.63) is 12.2 Å². The smallest absolute Gasteiger partial charge is 0.0726 e. The SMILES string of the molecule is C[C@H](NC[C@H]1C[C@H]2C=C[C@H]1C2)[C@@H]1CCCO1. The summed E-state index contributed by atoms with van der Waals surface area (Å²) in [6.07, 6.45) is 10.6. The van der Waals surface area contributed by atoms with Gasteiger partial charge in [-0.25, -0.2) is 0 Å². The minimum Gasteiger partial charge on any atom is -0.377 e. The largest absolute Gasteiger partial charge is 0.377 e. The number of rotatable bonds is 4. The van der Waals surface area contributed by atoms with E-state index in [0.717, 1.165) is 24.4 Å². The third-order valence-corrected chi connectivity index (χ3v) is 4.64. The van der Waals surface area contributed by atoms with Crippen LogP contribution in [-0.2, 0) is 4.74 Å². The Balaban J connectivity index is 1.44. The van der Waals surface area contributed by atoms with Crippen molar-refractivity contribution in [3.63, 3.8) is 0 Å². The summed E-state index contributed by atoms with van der Waals surface area (Å²) in [4.78, 5) is 0. The fourth-order valence-corrected chi connectivity index (χ4v) is 3.59. The molecule has 16 heavy (non-hydrogen) atoms. The van der Waals surface area contributed by atoms with E-state index in [9.17, 15) is 0 Å². The van der Waals surface area contributed by atoms with Gasteiger partial charge in [0.2, 0.25) is 0 Å². The molecule has 0 radical (unpaired) electrons. The van der Waals surface area contributed by atoms with Crippen LogP contribution in [0.2, 0.25) is 0 Å². The van der Waals surface area contributed by atoms with Crippen molar-refractivity contribution in [1.82, 2.24) is 5.32 Å². The first-order valence-corrected chi connectivity index (χ1v) is 6.86. The summed E-state index contributed by atoms with van der Waals surface area (Å²) in [6.45, 7) is 4.43. The van der Waals surface area contributed by atoms with E-state index in [1.54, 1.807) is 0 Å². The van der Waals surface area contributed by atoms with Crippen LogP contribution in [0.4, 0.5) is 0 Å². The molecule has 1 saturated carbocycles. The summed E-state index contributed by atoms with van der Waals surface area (Å²) in [7, 11) is 0. The van der Waals surface area contributed by atoms with E-state index < -0.39 is 0 Å². The van der Waals surface area contributed by atoms with Gasteiger partial charge < -0.3 is 10.1 Å². The van der Waals surface area contributed by atoms with E-state index in [1.807, 2.05) is 0 Å². The second-order valence-electron chi connectivity index (χ2n) is 5.79. The molecular weight excluding hydrogens is 198 g/mol. The van der Waals surface area contributed by atoms with Crippen LogP contribution in [0.3, 0.4) is 0 Å². The zero-order valence-corrected chi connectivity index (χ0v) is 10.2. The van der Waals surface area contributed by atoms with Crippen molar-refractivity contribution in [1.29, 1.82) is 0 Å². The predicted octanol–water partition coefficient (Wildman–Crippen LogP) is 2.36. The van der Waals surface area contributed by atoms with Gasteiger partial charge in [0.15, 0.2) is 0 Å². The first-order valence-electron chi connectivity index (χ1n) is 6.86. The summed E-state index contributed by atoms with van der Waals surface area (Å²) in [6, 6.07) is 0.533. The molecule has 2 bridgehead atoms. The second-order valence-corrected chi connectivity index (χ2v) is 5.79. The van der Waals surface area contributed by atoms with Gasteiger partial charge in [-0.2, -0.15) is 0 Å². The molecule has 3 rings (SSSR count). The van der Waals surface area contributed by atoms with Gasteiger partial charge in [-0.1, -0.05) is 12.2 Å². The molecule has 2 nitrogen and oxygen atoms in total. The van der Waals surface area contributed by atoms with Crippen molar-refractivity contribution in [2.75, 3.05) is 13.2 Å². The van der Waals surface area contributed by atoms with Crippen LogP contribution in [0.15, 0.2) is 12.2 Å². The van der Waals surface area contributed by atoms with Gasteiger partial charge in [-0.3, -0.25) is 0 Å². The molecule has 0 aromatic carbocycles. The van der Waals surface area contributed by atoms with Gasteiger partial charge in [-0.05, 0) is 56.9 Å². The average Bonchev–Trinajstić information content (AvgIpc) is 3.01. The number of nitrogens with one attached hydrogen (secondary N) is 1. The summed E-state index contributed by atoms with van der Waals surface area (Å²) in [5.41, 5.74) is 0. The molecule has 0 aromatic heterocycles. The molecule has 2 fully saturated rings. The third-order valence-electron chi connectivity index (χ3n) is 4.64. The Labute approximate surface area is 98.4 Å². The molecule has 1 saturated heterocycles. The van der Waals surface area contributed by atoms with Gasteiger partial charge in [0.1, 0.15) is 0 Å². The maximum atomic E-state index is 5.72. The molecular formula is C14H23NO. The van der Waals surface area contributed by atoms with Crippen LogP contribution in [0, 0.1) is 17.8 Å². The van der Waals surface area contributed by atoms with Gasteiger partial charge in [-0.15, -0.1) is 0 Å². The van der Waals surface area contributed by atoms with Crippen LogP contribution in [-0.4, -0.2) is 25.3 Å². The number of hydrogen-bond donors (Lipinski definition) is 1. The standard InChI is InChI=1S/C14H23NO/c1-10(14-3-2-6-16-14)15-9-13-8-11-4-5-12(13)7-11/h4-5,10-15H,2-3,6-9H2,1H3/t10-,11-,12-,13+,14-/m0/s1. The highest BCUT2D eigenvalue weighted by molar-refractivity contribution is 5.10. The topological polar surface area (TPSA) is 21.3 Å². The highest BCUT2D eigenvalue weighted by Gasteiger charge is 2.35. The van der Waals surface area contributed by atoms with E-state index in [1.165, 1.54) is 32.2 Å². The minimum atomic E-state index is 0.467. The Morgan fingerprint density at radius 3 is 2.94 bits per heavy atom. The minimum absolute atomic E-state index is 0.467. The lowest BCUT2D eigenvalue weighted by Crippen LogP contribution is -2.40. The van der Waals surface area contributed by atoms with Gasteiger partial charge >= 0.3 is 0 Å². The lowest BCUT2D eigenvalue weighted by molar-refractivity contribution is 0.0818. The van der Waals surface area contributed by atoms with Gasteiger partial charge in [0.25, 0.3) is 0 Å². The number of allylic oxidation sites excluding steroid dienone is 2. The van der Waals surface area contributed by atoms with E-state index in [0.29, 0.717) is 12.1 Å². The molecule has 0 aromatic rings. The summed E-state index contributed by atoms with van der Waals surface area (Å²) < 4.78 is 5.72. The molecule has 90 valence electrons. The van der Waals surface area contributed by atoms with Crippen LogP contribution < -0.4 is 5.32 Å². The van der Waals surface area contributed by atoms with E-state index in [4.69, 9.17) is 4.74 Å². The second kappa shape index (κ2) is 4.50. The Hall–Kier alpha value is -0.340. The molecule has 0 spiro atoms. The lowest BCUT2D eigenvalue weighted by Gasteiger charge is -2.24. The van der Waals surface area contributed by atoms with Crippen molar-refractivity contribution in [2.24, 2.45) is 17.8 Å². The highest BCUT2D eigenvalue weighted by atomic mass is 16.5. The van der Waals surface area contributed by atoms with E-state index in [-0.39, 0.29) is 0 Å². The Kier molecular flexibility index (Phi) is 3.03. The van der Waals surface area contributed by atoms with Crippen molar-refractivity contribution >= 4 is 0 Å². The molecule has 0 amide bonds. The molecule has 3 aliphatic rings. The normalized spacial score (nSPS) is 43.1. The fourth-order valence-electron chi connectivity index (χ4n) is 3.59. The number of hydrogen-bond acceptors (Lipinski definition) is 2. The Morgan fingerprint density at radius 1 is 1.38 bits per heavy atom. The predicted molar refractivity (Wildman–Crippen MR) is 65.3 cm³/mol. The van der Waals surface area contributed by atoms with Crippen molar-refractivity contribution in [2.45, 2.75) is 44.8 Å². The average molecular weight is 221 g/mol. The first kappa shape index (κ1) is 10.8. The van der Waals surface area contributed by atoms with Crippen LogP contribution in [0.5, 0.6) is 0 Å². The molecule has 2 heteroatoms. The zero-order chi connectivity index (χ0) is 11.0. The summed E-state index contributed by atoms with van der Waals surface area (Å²) in [5, 5.41) is 3.69. The van der Waals surface area contributed by atoms with Crippen molar-refractivity contribution < 1.29 is 4.74 Å². The van der Waals surface area contributed by atoms with Gasteiger partial charge in [0, 0.05) is 12.6 Å². The summed E-state index contributed by atoms with van der Waals surface area (Å²) in [5.74, 6) is 2.66. The van der Waals surface area contributed by atoms with E-state index >= 15 is 0 Å². The monoisotopic (exact) mass is 221 g/mol. The Bertz CT molecular complexity index is 270. The number of fused-ring (bicyclic) bond motifs is 2. The van der Waals surface area contributed by atoms with Gasteiger partial charge in [0.05, 0.1) is 6.10 Å². The quantitative estimate of drug-likeness (QED) is 0.736. The first-order chi connectivity index (χ1) is 7.83. The zero-order valence-electron chi connectivity index (χ0n) is 10.2. The third kappa shape index (κ3) is 2.05. The molecule has 2 aliphatic carbocycles. The lowest BCUT2D eigenvalue weighted by atomic mass is 9.93. The molecule has 1 N–H and O–H groups in total. The van der Waals surface area contributed by atoms with E-state index in [2.05, 4.69) is 24.4 Å². The van der Waals surface area contributed by atoms with Crippen LogP contribution >= 0.6 is 0 Å². The Morgan fingerprint density at radius 2 is 2.31 bits per heavy atom. The maximum absolute atomic E-state index is 5.72. The van der Waals surface area contributed by atoms with Crippen molar-refractivity contribution in [3.8, 4) is 0 Å². The molecule has 1 aliphatic heterocycles. The van der Waals surface area contributed by atoms with Crippen LogP contribution in [0.1, 0.15) is 32.6 Å². The highest BCUT2D eigenvalue weighted by Crippen LogP contribution is 2.43. The maximum Gasteiger partial charge on any atom is 0.0726 e. The number of ether oxygens (including phenoxy) is 1. The summed E-state index contributed by atoms with van der Waals surface area (Å²) >= 11 is 0. The molecule has 5 atom stereocenters. The molecule has 1 heterocycles. The molecule has 0 unspecified atom stereocenters. The fraction of sp³-hybridized carbons (Fsp3) is 0.857. The van der Waals surface area contributed by atoms with Crippen LogP contribution in [0.25, 0.3) is 0 Å².